The molecule has 27 heavy (non-hydrogen) atoms. The number of nitrogens with zero attached hydrogens (tertiary/aromatic N) is 4. The standard InChI is InChI=1S/C20H20N6O/c27-20(17-3-1-2-16(24-17)15-4-7-21-8-5-15)25-18-14-23-9-6-19(18)26-12-10-22-11-13-26/h1-9,14,22H,10-13H2,(H,25,27). The molecule has 3 aromatic rings. The number of carbonyl (C=O) groups excluding carboxylic acids is 1. The molecule has 136 valence electrons. The minimum atomic E-state index is -0.254. The average molecular weight is 360 g/mol. The lowest BCUT2D eigenvalue weighted by Gasteiger charge is -2.30. The first kappa shape index (κ1) is 17.1. The maximum Gasteiger partial charge on any atom is 0.274 e. The van der Waals surface area contributed by atoms with E-state index in [0.717, 1.165) is 43.1 Å². The molecule has 1 aliphatic heterocycles. The number of anilines is 2. The van der Waals surface area contributed by atoms with Gasteiger partial charge < -0.3 is 15.5 Å². The molecule has 2 N–H and O–H groups in total. The van der Waals surface area contributed by atoms with Crippen LogP contribution in [-0.4, -0.2) is 47.0 Å². The van der Waals surface area contributed by atoms with Crippen molar-refractivity contribution in [2.45, 2.75) is 0 Å². The molecular weight excluding hydrogens is 340 g/mol. The van der Waals surface area contributed by atoms with Crippen LogP contribution in [0.1, 0.15) is 10.5 Å². The van der Waals surface area contributed by atoms with Crippen molar-refractivity contribution in [3.05, 3.63) is 66.9 Å². The van der Waals surface area contributed by atoms with Crippen LogP contribution in [0, 0.1) is 0 Å². The molecule has 1 amide bonds. The predicted molar refractivity (Wildman–Crippen MR) is 105 cm³/mol. The van der Waals surface area contributed by atoms with Crippen LogP contribution in [0.4, 0.5) is 11.4 Å². The molecule has 4 heterocycles. The monoisotopic (exact) mass is 360 g/mol. The molecule has 4 rings (SSSR count). The highest BCUT2D eigenvalue weighted by Gasteiger charge is 2.17. The van der Waals surface area contributed by atoms with Gasteiger partial charge in [-0.25, -0.2) is 4.98 Å². The molecule has 3 aromatic heterocycles. The van der Waals surface area contributed by atoms with E-state index >= 15 is 0 Å². The first-order chi connectivity index (χ1) is 13.3. The summed E-state index contributed by atoms with van der Waals surface area (Å²) in [5, 5.41) is 6.30. The van der Waals surface area contributed by atoms with E-state index in [2.05, 4.69) is 30.5 Å². The van der Waals surface area contributed by atoms with Gasteiger partial charge in [0.25, 0.3) is 5.91 Å². The third-order valence-electron chi connectivity index (χ3n) is 4.46. The molecule has 0 radical (unpaired) electrons. The summed E-state index contributed by atoms with van der Waals surface area (Å²) in [4.78, 5) is 27.7. The SMILES string of the molecule is O=C(Nc1cnccc1N1CCNCC1)c1cccc(-c2ccncc2)n1. The van der Waals surface area contributed by atoms with Gasteiger partial charge >= 0.3 is 0 Å². The second kappa shape index (κ2) is 7.92. The number of carbonyl (C=O) groups is 1. The Morgan fingerprint density at radius 1 is 1.00 bits per heavy atom. The van der Waals surface area contributed by atoms with E-state index in [1.54, 1.807) is 30.9 Å². The van der Waals surface area contributed by atoms with Crippen LogP contribution in [0.25, 0.3) is 11.3 Å². The summed E-state index contributed by atoms with van der Waals surface area (Å²) in [5.41, 5.74) is 3.69. The van der Waals surface area contributed by atoms with Gasteiger partial charge in [-0.15, -0.1) is 0 Å². The van der Waals surface area contributed by atoms with Gasteiger partial charge in [0.05, 0.1) is 23.3 Å². The van der Waals surface area contributed by atoms with Crippen molar-refractivity contribution >= 4 is 17.3 Å². The Kier molecular flexibility index (Phi) is 5.02. The smallest absolute Gasteiger partial charge is 0.274 e. The zero-order chi connectivity index (χ0) is 18.5. The highest BCUT2D eigenvalue weighted by molar-refractivity contribution is 6.04. The maximum atomic E-state index is 12.8. The Hall–Kier alpha value is -3.32. The summed E-state index contributed by atoms with van der Waals surface area (Å²) in [5.74, 6) is -0.254. The number of piperazine rings is 1. The van der Waals surface area contributed by atoms with Crippen molar-refractivity contribution in [2.75, 3.05) is 36.4 Å². The Balaban J connectivity index is 1.57. The van der Waals surface area contributed by atoms with Crippen LogP contribution < -0.4 is 15.5 Å². The molecule has 7 nitrogen and oxygen atoms in total. The van der Waals surface area contributed by atoms with Gasteiger partial charge in [-0.3, -0.25) is 14.8 Å². The lowest BCUT2D eigenvalue weighted by Crippen LogP contribution is -2.43. The summed E-state index contributed by atoms with van der Waals surface area (Å²) in [6.07, 6.45) is 6.84. The van der Waals surface area contributed by atoms with E-state index in [-0.39, 0.29) is 5.91 Å². The fourth-order valence-corrected chi connectivity index (χ4v) is 3.10. The molecule has 0 saturated carbocycles. The number of amides is 1. The van der Waals surface area contributed by atoms with Gasteiger partial charge in [-0.2, -0.15) is 0 Å². The van der Waals surface area contributed by atoms with Gasteiger partial charge in [0, 0.05) is 50.3 Å². The number of pyridine rings is 3. The van der Waals surface area contributed by atoms with Gasteiger partial charge in [0.1, 0.15) is 5.69 Å². The van der Waals surface area contributed by atoms with Crippen LogP contribution in [-0.2, 0) is 0 Å². The van der Waals surface area contributed by atoms with Crippen LogP contribution >= 0.6 is 0 Å². The molecule has 1 fully saturated rings. The van der Waals surface area contributed by atoms with Crippen molar-refractivity contribution in [2.24, 2.45) is 0 Å². The molecule has 1 saturated heterocycles. The van der Waals surface area contributed by atoms with E-state index in [1.165, 1.54) is 0 Å². The number of rotatable bonds is 4. The van der Waals surface area contributed by atoms with Crippen molar-refractivity contribution in [3.8, 4) is 11.3 Å². The second-order valence-electron chi connectivity index (χ2n) is 6.23. The zero-order valence-corrected chi connectivity index (χ0v) is 14.8. The Morgan fingerprint density at radius 3 is 2.59 bits per heavy atom. The van der Waals surface area contributed by atoms with E-state index in [1.807, 2.05) is 30.3 Å². The van der Waals surface area contributed by atoms with Crippen LogP contribution in [0.3, 0.4) is 0 Å². The normalized spacial score (nSPS) is 14.0. The van der Waals surface area contributed by atoms with Gasteiger partial charge in [-0.1, -0.05) is 6.07 Å². The van der Waals surface area contributed by atoms with Crippen LogP contribution in [0.2, 0.25) is 0 Å². The number of hydrogen-bond donors (Lipinski definition) is 2. The molecule has 0 aromatic carbocycles. The number of nitrogens with one attached hydrogen (secondary N) is 2. The highest BCUT2D eigenvalue weighted by atomic mass is 16.1. The molecule has 0 aliphatic carbocycles. The van der Waals surface area contributed by atoms with E-state index in [0.29, 0.717) is 11.4 Å². The van der Waals surface area contributed by atoms with E-state index in [9.17, 15) is 4.79 Å². The lowest BCUT2D eigenvalue weighted by molar-refractivity contribution is 0.102. The predicted octanol–water partition coefficient (Wildman–Crippen LogP) is 2.20. The van der Waals surface area contributed by atoms with Crippen LogP contribution in [0.5, 0.6) is 0 Å². The topological polar surface area (TPSA) is 83.0 Å². The van der Waals surface area contributed by atoms with Gasteiger partial charge in [0.2, 0.25) is 0 Å². The third kappa shape index (κ3) is 3.93. The van der Waals surface area contributed by atoms with E-state index in [4.69, 9.17) is 0 Å². The van der Waals surface area contributed by atoms with Gasteiger partial charge in [0.15, 0.2) is 0 Å². The first-order valence-electron chi connectivity index (χ1n) is 8.90. The largest absolute Gasteiger partial charge is 0.367 e. The fraction of sp³-hybridized carbons (Fsp3) is 0.200. The number of aromatic nitrogens is 3. The molecular formula is C20H20N6O. The summed E-state index contributed by atoms with van der Waals surface area (Å²) >= 11 is 0. The Bertz CT molecular complexity index is 925. The van der Waals surface area contributed by atoms with E-state index < -0.39 is 0 Å². The maximum absolute atomic E-state index is 12.8. The second-order valence-corrected chi connectivity index (χ2v) is 6.23. The minimum absolute atomic E-state index is 0.254. The first-order valence-corrected chi connectivity index (χ1v) is 8.90. The van der Waals surface area contributed by atoms with Crippen molar-refractivity contribution in [3.63, 3.8) is 0 Å². The average Bonchev–Trinajstić information content (AvgIpc) is 2.75. The molecule has 0 bridgehead atoms. The van der Waals surface area contributed by atoms with Crippen molar-refractivity contribution < 1.29 is 4.79 Å². The third-order valence-corrected chi connectivity index (χ3v) is 4.46. The molecule has 7 heteroatoms. The van der Waals surface area contributed by atoms with Crippen molar-refractivity contribution in [1.82, 2.24) is 20.3 Å². The quantitative estimate of drug-likeness (QED) is 0.742. The molecule has 0 atom stereocenters. The molecule has 1 aliphatic rings. The zero-order valence-electron chi connectivity index (χ0n) is 14.8. The summed E-state index contributed by atoms with van der Waals surface area (Å²) in [7, 11) is 0. The molecule has 0 unspecified atom stereocenters. The Morgan fingerprint density at radius 2 is 1.78 bits per heavy atom. The highest BCUT2D eigenvalue weighted by Crippen LogP contribution is 2.25. The summed E-state index contributed by atoms with van der Waals surface area (Å²) in [6.45, 7) is 3.63. The fourth-order valence-electron chi connectivity index (χ4n) is 3.10. The van der Waals surface area contributed by atoms with Crippen LogP contribution in [0.15, 0.2) is 61.2 Å². The summed E-state index contributed by atoms with van der Waals surface area (Å²) < 4.78 is 0. The van der Waals surface area contributed by atoms with Crippen molar-refractivity contribution in [1.29, 1.82) is 0 Å². The number of hydrogen-bond acceptors (Lipinski definition) is 6. The lowest BCUT2D eigenvalue weighted by atomic mass is 10.1. The Labute approximate surface area is 157 Å². The van der Waals surface area contributed by atoms with Gasteiger partial charge in [-0.05, 0) is 30.3 Å². The minimum Gasteiger partial charge on any atom is -0.367 e. The summed E-state index contributed by atoms with van der Waals surface area (Å²) in [6, 6.07) is 11.1. The molecule has 0 spiro atoms.